The second-order valence-corrected chi connectivity index (χ2v) is 5.54. The second kappa shape index (κ2) is 5.83. The maximum absolute atomic E-state index is 6.02. The van der Waals surface area contributed by atoms with Crippen molar-refractivity contribution in [2.45, 2.75) is 38.1 Å². The van der Waals surface area contributed by atoms with Gasteiger partial charge in [-0.05, 0) is 42.6 Å². The van der Waals surface area contributed by atoms with Crippen LogP contribution in [-0.2, 0) is 0 Å². The highest BCUT2D eigenvalue weighted by atomic mass is 35.5. The normalized spacial score (nSPS) is 16.3. The van der Waals surface area contributed by atoms with Crippen LogP contribution in [0, 0.1) is 0 Å². The van der Waals surface area contributed by atoms with Gasteiger partial charge in [0.1, 0.15) is 11.6 Å². The molecule has 1 aliphatic rings. The van der Waals surface area contributed by atoms with Crippen LogP contribution < -0.4 is 10.1 Å². The number of hydrogen-bond donors (Lipinski definition) is 1. The Kier molecular flexibility index (Phi) is 3.92. The predicted octanol–water partition coefficient (Wildman–Crippen LogP) is 4.04. The molecule has 0 radical (unpaired) electrons. The maximum atomic E-state index is 6.02. The molecule has 4 nitrogen and oxygen atoms in total. The van der Waals surface area contributed by atoms with E-state index in [2.05, 4.69) is 15.3 Å². The molecule has 0 aliphatic heterocycles. The Labute approximate surface area is 123 Å². The Morgan fingerprint density at radius 2 is 2.00 bits per heavy atom. The summed E-state index contributed by atoms with van der Waals surface area (Å²) in [5.74, 6) is 1.61. The zero-order chi connectivity index (χ0) is 13.9. The lowest BCUT2D eigenvalue weighted by Crippen LogP contribution is -2.23. The molecular formula is C15H18ClN3O. The van der Waals surface area contributed by atoms with Crippen LogP contribution in [0.15, 0.2) is 18.2 Å². The number of rotatable bonds is 3. The molecule has 20 heavy (non-hydrogen) atoms. The van der Waals surface area contributed by atoms with Gasteiger partial charge in [-0.2, -0.15) is 0 Å². The molecule has 1 N–H and O–H groups in total. The Morgan fingerprint density at radius 1 is 1.20 bits per heavy atom. The van der Waals surface area contributed by atoms with Crippen LogP contribution in [0.1, 0.15) is 32.1 Å². The Hall–Kier alpha value is -1.55. The molecule has 5 heteroatoms. The SMILES string of the molecule is COc1ccc2nc(Cl)nc(NC3CCCCC3)c2c1. The highest BCUT2D eigenvalue weighted by Crippen LogP contribution is 2.29. The van der Waals surface area contributed by atoms with Gasteiger partial charge < -0.3 is 10.1 Å². The zero-order valence-electron chi connectivity index (χ0n) is 11.5. The summed E-state index contributed by atoms with van der Waals surface area (Å²) in [6, 6.07) is 6.23. The molecule has 0 saturated heterocycles. The van der Waals surface area contributed by atoms with Crippen molar-refractivity contribution >= 4 is 28.3 Å². The van der Waals surface area contributed by atoms with Crippen molar-refractivity contribution in [3.8, 4) is 5.75 Å². The molecule has 0 atom stereocenters. The van der Waals surface area contributed by atoms with Crippen LogP contribution in [0.3, 0.4) is 0 Å². The van der Waals surface area contributed by atoms with Gasteiger partial charge in [-0.3, -0.25) is 0 Å². The lowest BCUT2D eigenvalue weighted by molar-refractivity contribution is 0.415. The van der Waals surface area contributed by atoms with Crippen LogP contribution in [0.5, 0.6) is 5.75 Å². The Bertz CT molecular complexity index is 611. The molecule has 1 aromatic heterocycles. The minimum Gasteiger partial charge on any atom is -0.497 e. The number of aromatic nitrogens is 2. The summed E-state index contributed by atoms with van der Waals surface area (Å²) in [5.41, 5.74) is 0.837. The average Bonchev–Trinajstić information content (AvgIpc) is 2.48. The minimum absolute atomic E-state index is 0.279. The summed E-state index contributed by atoms with van der Waals surface area (Å²) < 4.78 is 5.28. The van der Waals surface area contributed by atoms with E-state index in [0.717, 1.165) is 22.5 Å². The molecule has 1 aromatic carbocycles. The van der Waals surface area contributed by atoms with E-state index < -0.39 is 0 Å². The van der Waals surface area contributed by atoms with Crippen molar-refractivity contribution in [3.63, 3.8) is 0 Å². The van der Waals surface area contributed by atoms with Crippen LogP contribution in [0.25, 0.3) is 10.9 Å². The third-order valence-electron chi connectivity index (χ3n) is 3.82. The van der Waals surface area contributed by atoms with Crippen molar-refractivity contribution in [2.75, 3.05) is 12.4 Å². The molecule has 106 valence electrons. The van der Waals surface area contributed by atoms with E-state index in [-0.39, 0.29) is 5.28 Å². The summed E-state index contributed by atoms with van der Waals surface area (Å²) in [6.45, 7) is 0. The van der Waals surface area contributed by atoms with Gasteiger partial charge in [0.2, 0.25) is 5.28 Å². The number of nitrogens with one attached hydrogen (secondary N) is 1. The number of ether oxygens (including phenoxy) is 1. The molecule has 2 aromatic rings. The van der Waals surface area contributed by atoms with E-state index in [1.807, 2.05) is 18.2 Å². The van der Waals surface area contributed by atoms with Gasteiger partial charge in [-0.1, -0.05) is 19.3 Å². The fourth-order valence-corrected chi connectivity index (χ4v) is 2.93. The highest BCUT2D eigenvalue weighted by molar-refractivity contribution is 6.28. The largest absolute Gasteiger partial charge is 0.497 e. The highest BCUT2D eigenvalue weighted by Gasteiger charge is 2.16. The van der Waals surface area contributed by atoms with Gasteiger partial charge in [0.05, 0.1) is 12.6 Å². The number of benzene rings is 1. The molecule has 0 amide bonds. The average molecular weight is 292 g/mol. The first-order chi connectivity index (χ1) is 9.76. The van der Waals surface area contributed by atoms with Crippen LogP contribution in [0.4, 0.5) is 5.82 Å². The van der Waals surface area contributed by atoms with Crippen LogP contribution >= 0.6 is 11.6 Å². The number of hydrogen-bond acceptors (Lipinski definition) is 4. The molecular weight excluding hydrogens is 274 g/mol. The summed E-state index contributed by atoms with van der Waals surface area (Å²) in [6.07, 6.45) is 6.26. The van der Waals surface area contributed by atoms with E-state index in [9.17, 15) is 0 Å². The van der Waals surface area contributed by atoms with E-state index in [1.54, 1.807) is 7.11 Å². The Morgan fingerprint density at radius 3 is 2.75 bits per heavy atom. The molecule has 3 rings (SSSR count). The first-order valence-electron chi connectivity index (χ1n) is 7.04. The molecule has 1 fully saturated rings. The lowest BCUT2D eigenvalue weighted by atomic mass is 9.95. The number of anilines is 1. The first-order valence-corrected chi connectivity index (χ1v) is 7.42. The summed E-state index contributed by atoms with van der Waals surface area (Å²) in [7, 11) is 1.66. The van der Waals surface area contributed by atoms with E-state index >= 15 is 0 Å². The molecule has 0 spiro atoms. The monoisotopic (exact) mass is 291 g/mol. The van der Waals surface area contributed by atoms with Gasteiger partial charge in [0.15, 0.2) is 0 Å². The van der Waals surface area contributed by atoms with Crippen molar-refractivity contribution in [1.82, 2.24) is 9.97 Å². The third-order valence-corrected chi connectivity index (χ3v) is 3.99. The molecule has 1 saturated carbocycles. The van der Waals surface area contributed by atoms with Crippen LogP contribution in [0.2, 0.25) is 5.28 Å². The summed E-state index contributed by atoms with van der Waals surface area (Å²) in [4.78, 5) is 8.62. The predicted molar refractivity (Wildman–Crippen MR) is 81.6 cm³/mol. The number of fused-ring (bicyclic) bond motifs is 1. The Balaban J connectivity index is 1.98. The minimum atomic E-state index is 0.279. The third kappa shape index (κ3) is 2.80. The quantitative estimate of drug-likeness (QED) is 0.867. The van der Waals surface area contributed by atoms with E-state index in [0.29, 0.717) is 6.04 Å². The number of nitrogens with zero attached hydrogens (tertiary/aromatic N) is 2. The van der Waals surface area contributed by atoms with Crippen molar-refractivity contribution in [1.29, 1.82) is 0 Å². The maximum Gasteiger partial charge on any atom is 0.224 e. The van der Waals surface area contributed by atoms with Crippen LogP contribution in [-0.4, -0.2) is 23.1 Å². The van der Waals surface area contributed by atoms with Gasteiger partial charge in [-0.25, -0.2) is 9.97 Å². The molecule has 0 bridgehead atoms. The second-order valence-electron chi connectivity index (χ2n) is 5.20. The smallest absolute Gasteiger partial charge is 0.224 e. The summed E-state index contributed by atoms with van der Waals surface area (Å²) >= 11 is 6.02. The molecule has 1 heterocycles. The lowest BCUT2D eigenvalue weighted by Gasteiger charge is -2.24. The van der Waals surface area contributed by atoms with E-state index in [4.69, 9.17) is 16.3 Å². The number of halogens is 1. The van der Waals surface area contributed by atoms with Gasteiger partial charge >= 0.3 is 0 Å². The molecule has 0 unspecified atom stereocenters. The first kappa shape index (κ1) is 13.4. The summed E-state index contributed by atoms with van der Waals surface area (Å²) in [5, 5.41) is 4.76. The van der Waals surface area contributed by atoms with E-state index in [1.165, 1.54) is 32.1 Å². The molecule has 1 aliphatic carbocycles. The van der Waals surface area contributed by atoms with Gasteiger partial charge in [0.25, 0.3) is 0 Å². The standard InChI is InChI=1S/C15H18ClN3O/c1-20-11-7-8-13-12(9-11)14(19-15(16)18-13)17-10-5-3-2-4-6-10/h7-10H,2-6H2,1H3,(H,17,18,19). The van der Waals surface area contributed by atoms with Crippen molar-refractivity contribution in [3.05, 3.63) is 23.5 Å². The topological polar surface area (TPSA) is 47.0 Å². The fourth-order valence-electron chi connectivity index (χ4n) is 2.76. The van der Waals surface area contributed by atoms with Gasteiger partial charge in [0, 0.05) is 11.4 Å². The number of methoxy groups -OCH3 is 1. The van der Waals surface area contributed by atoms with Crippen molar-refractivity contribution < 1.29 is 4.74 Å². The van der Waals surface area contributed by atoms with Gasteiger partial charge in [-0.15, -0.1) is 0 Å². The van der Waals surface area contributed by atoms with Crippen molar-refractivity contribution in [2.24, 2.45) is 0 Å². The zero-order valence-corrected chi connectivity index (χ0v) is 12.3. The fraction of sp³-hybridized carbons (Fsp3) is 0.467.